The summed E-state index contributed by atoms with van der Waals surface area (Å²) < 4.78 is 0. The Kier molecular flexibility index (Phi) is 3.36. The molecule has 0 amide bonds. The van der Waals surface area contributed by atoms with Crippen LogP contribution in [0.3, 0.4) is 0 Å². The third-order valence-electron chi connectivity index (χ3n) is 6.43. The molecule has 0 spiro atoms. The minimum atomic E-state index is 0.452. The molecule has 4 fully saturated rings. The average Bonchev–Trinajstić information content (AvgIpc) is 2.61. The van der Waals surface area contributed by atoms with Crippen molar-refractivity contribution in [1.29, 1.82) is 0 Å². The predicted molar refractivity (Wildman–Crippen MR) is 98.9 cm³/mol. The minimum Gasteiger partial charge on any atom is -0.288 e. The van der Waals surface area contributed by atoms with Crippen molar-refractivity contribution in [2.75, 3.05) is 6.54 Å². The molecule has 2 aromatic carbocycles. The maximum absolute atomic E-state index is 6.12. The lowest BCUT2D eigenvalue weighted by molar-refractivity contribution is -0.0746. The molecule has 0 N–H and O–H groups in total. The normalized spacial score (nSPS) is 37.0. The van der Waals surface area contributed by atoms with Gasteiger partial charge in [-0.15, -0.1) is 0 Å². The first kappa shape index (κ1) is 14.7. The lowest BCUT2D eigenvalue weighted by Crippen LogP contribution is -2.57. The predicted octanol–water partition coefficient (Wildman–Crippen LogP) is 5.65. The van der Waals surface area contributed by atoms with E-state index in [4.69, 9.17) is 11.6 Å². The monoisotopic (exact) mass is 335 g/mol. The van der Waals surface area contributed by atoms with Gasteiger partial charge in [-0.3, -0.25) is 4.90 Å². The van der Waals surface area contributed by atoms with Crippen LogP contribution in [0.15, 0.2) is 66.7 Å². The maximum atomic E-state index is 6.12. The zero-order chi connectivity index (χ0) is 16.3. The van der Waals surface area contributed by atoms with Crippen LogP contribution in [0.4, 0.5) is 0 Å². The summed E-state index contributed by atoms with van der Waals surface area (Å²) in [6.45, 7) is 5.79. The van der Waals surface area contributed by atoms with Crippen molar-refractivity contribution in [3.05, 3.63) is 82.9 Å². The summed E-state index contributed by atoms with van der Waals surface area (Å²) in [5.74, 6) is 2.06. The summed E-state index contributed by atoms with van der Waals surface area (Å²) >= 11 is 6.12. The van der Waals surface area contributed by atoms with Gasteiger partial charge in [-0.05, 0) is 53.9 Å². The van der Waals surface area contributed by atoms with Gasteiger partial charge in [-0.25, -0.2) is 0 Å². The summed E-state index contributed by atoms with van der Waals surface area (Å²) in [7, 11) is 0. The van der Waals surface area contributed by atoms with Gasteiger partial charge in [0, 0.05) is 23.7 Å². The lowest BCUT2D eigenvalue weighted by Gasteiger charge is -2.61. The van der Waals surface area contributed by atoms with E-state index in [1.807, 2.05) is 12.1 Å². The molecule has 24 heavy (non-hydrogen) atoms. The highest BCUT2D eigenvalue weighted by atomic mass is 35.5. The van der Waals surface area contributed by atoms with E-state index in [9.17, 15) is 0 Å². The highest BCUT2D eigenvalue weighted by molar-refractivity contribution is 6.30. The van der Waals surface area contributed by atoms with Gasteiger partial charge >= 0.3 is 0 Å². The quantitative estimate of drug-likeness (QED) is 0.641. The Bertz CT molecular complexity index is 766. The van der Waals surface area contributed by atoms with Crippen LogP contribution in [0.5, 0.6) is 0 Å². The second-order valence-corrected chi connectivity index (χ2v) is 8.11. The van der Waals surface area contributed by atoms with Gasteiger partial charge in [0.2, 0.25) is 0 Å². The molecule has 2 aromatic rings. The molecule has 1 nitrogen and oxygen atoms in total. The van der Waals surface area contributed by atoms with Gasteiger partial charge in [0.1, 0.15) is 0 Å². The van der Waals surface area contributed by atoms with Crippen LogP contribution in [0, 0.1) is 17.8 Å². The van der Waals surface area contributed by atoms with Crippen LogP contribution in [-0.4, -0.2) is 11.4 Å². The number of benzene rings is 2. The van der Waals surface area contributed by atoms with Gasteiger partial charge in [0.25, 0.3) is 0 Å². The Morgan fingerprint density at radius 3 is 2.04 bits per heavy atom. The third-order valence-corrected chi connectivity index (χ3v) is 6.68. The van der Waals surface area contributed by atoms with E-state index in [1.165, 1.54) is 36.1 Å². The molecule has 0 radical (unpaired) electrons. The molecule has 122 valence electrons. The maximum Gasteiger partial charge on any atom is 0.0420 e. The standard InChI is InChI=1S/C22H22ClN/c1-14-19-11-15-12-20(14)22(17-7-9-18(23)10-8-17)24(13-15)21(19)16-5-3-2-4-6-16/h2-10,15,19-22H,1,11-13H2/t15-,19+,20-,21-,22-/m1/s1. The first-order valence-electron chi connectivity index (χ1n) is 8.97. The molecule has 1 unspecified atom stereocenters. The van der Waals surface area contributed by atoms with Crippen LogP contribution in [0.25, 0.3) is 0 Å². The Morgan fingerprint density at radius 2 is 1.42 bits per heavy atom. The fourth-order valence-corrected chi connectivity index (χ4v) is 5.65. The molecule has 2 heteroatoms. The Hall–Kier alpha value is -1.57. The highest BCUT2D eigenvalue weighted by Crippen LogP contribution is 2.61. The SMILES string of the molecule is C=C1[C@H]2C[C@H]3C[C@@H]1[C@@H](c1ccccc1)N(C3)[C@@H]2c1ccc(Cl)cc1. The van der Waals surface area contributed by atoms with E-state index in [1.54, 1.807) is 0 Å². The molecule has 4 aliphatic rings. The second-order valence-electron chi connectivity index (χ2n) is 7.67. The van der Waals surface area contributed by atoms with Crippen molar-refractivity contribution in [3.8, 4) is 0 Å². The van der Waals surface area contributed by atoms with Crippen molar-refractivity contribution in [3.63, 3.8) is 0 Å². The van der Waals surface area contributed by atoms with E-state index in [0.29, 0.717) is 23.9 Å². The molecular weight excluding hydrogens is 314 g/mol. The van der Waals surface area contributed by atoms with Gasteiger partial charge in [-0.2, -0.15) is 0 Å². The smallest absolute Gasteiger partial charge is 0.0420 e. The zero-order valence-electron chi connectivity index (χ0n) is 13.7. The molecule has 6 rings (SSSR count). The summed E-state index contributed by atoms with van der Waals surface area (Å²) in [5.41, 5.74) is 4.32. The Morgan fingerprint density at radius 1 is 0.833 bits per heavy atom. The number of nitrogens with zero attached hydrogens (tertiary/aromatic N) is 1. The van der Waals surface area contributed by atoms with Gasteiger partial charge in [-0.1, -0.05) is 66.2 Å². The van der Waals surface area contributed by atoms with E-state index >= 15 is 0 Å². The first-order valence-corrected chi connectivity index (χ1v) is 9.35. The molecule has 0 aromatic heterocycles. The molecule has 3 saturated heterocycles. The van der Waals surface area contributed by atoms with Crippen molar-refractivity contribution < 1.29 is 0 Å². The molecule has 3 heterocycles. The summed E-state index contributed by atoms with van der Waals surface area (Å²) in [6, 6.07) is 20.4. The van der Waals surface area contributed by atoms with E-state index in [0.717, 1.165) is 10.9 Å². The van der Waals surface area contributed by atoms with E-state index < -0.39 is 0 Å². The molecule has 6 atom stereocenters. The van der Waals surface area contributed by atoms with Crippen LogP contribution in [0.2, 0.25) is 5.02 Å². The number of piperidine rings is 3. The van der Waals surface area contributed by atoms with Crippen LogP contribution in [-0.2, 0) is 0 Å². The van der Waals surface area contributed by atoms with Gasteiger partial charge in [0.05, 0.1) is 0 Å². The van der Waals surface area contributed by atoms with Gasteiger partial charge in [0.15, 0.2) is 0 Å². The third kappa shape index (κ3) is 2.11. The number of hydrogen-bond acceptors (Lipinski definition) is 1. The molecule has 1 aliphatic carbocycles. The fourth-order valence-electron chi connectivity index (χ4n) is 5.52. The topological polar surface area (TPSA) is 3.24 Å². The molecule has 4 bridgehead atoms. The summed E-state index contributed by atoms with van der Waals surface area (Å²) in [6.07, 6.45) is 2.62. The summed E-state index contributed by atoms with van der Waals surface area (Å²) in [5, 5.41) is 0.816. The first-order chi connectivity index (χ1) is 11.7. The average molecular weight is 336 g/mol. The van der Waals surface area contributed by atoms with Crippen molar-refractivity contribution in [1.82, 2.24) is 4.90 Å². The van der Waals surface area contributed by atoms with Crippen molar-refractivity contribution in [2.45, 2.75) is 24.9 Å². The Balaban J connectivity index is 1.61. The second kappa shape index (κ2) is 5.47. The lowest BCUT2D eigenvalue weighted by atomic mass is 9.58. The molecule has 3 aliphatic heterocycles. The summed E-state index contributed by atoms with van der Waals surface area (Å²) in [4.78, 5) is 2.76. The number of halogens is 1. The Labute approximate surface area is 148 Å². The minimum absolute atomic E-state index is 0.452. The van der Waals surface area contributed by atoms with Crippen molar-refractivity contribution >= 4 is 11.6 Å². The zero-order valence-corrected chi connectivity index (χ0v) is 14.5. The molecular formula is C22H22ClN. The van der Waals surface area contributed by atoms with Crippen molar-refractivity contribution in [2.24, 2.45) is 17.8 Å². The number of rotatable bonds is 2. The number of hydrogen-bond donors (Lipinski definition) is 0. The largest absolute Gasteiger partial charge is 0.288 e. The van der Waals surface area contributed by atoms with Crippen LogP contribution in [0.1, 0.15) is 36.1 Å². The highest BCUT2D eigenvalue weighted by Gasteiger charge is 2.54. The van der Waals surface area contributed by atoms with Crippen LogP contribution >= 0.6 is 11.6 Å². The van der Waals surface area contributed by atoms with E-state index in [2.05, 4.69) is 53.9 Å². The molecule has 1 saturated carbocycles. The fraction of sp³-hybridized carbons (Fsp3) is 0.364. The van der Waals surface area contributed by atoms with E-state index in [-0.39, 0.29) is 0 Å². The van der Waals surface area contributed by atoms with Gasteiger partial charge < -0.3 is 0 Å². The van der Waals surface area contributed by atoms with Crippen LogP contribution < -0.4 is 0 Å².